The van der Waals surface area contributed by atoms with Crippen LogP contribution in [0.3, 0.4) is 0 Å². The molecule has 0 saturated carbocycles. The maximum absolute atomic E-state index is 10.6. The van der Waals surface area contributed by atoms with Crippen molar-refractivity contribution in [1.29, 1.82) is 0 Å². The molecule has 0 aromatic heterocycles. The van der Waals surface area contributed by atoms with Crippen LogP contribution in [-0.4, -0.2) is 24.1 Å². The number of non-ortho nitro benzene ring substituents is 1. The molecule has 1 aliphatic heterocycles. The van der Waals surface area contributed by atoms with Gasteiger partial charge in [-0.25, -0.2) is 0 Å². The van der Waals surface area contributed by atoms with Crippen molar-refractivity contribution in [1.82, 2.24) is 5.32 Å². The minimum Gasteiger partial charge on any atom is -0.382 e. The molecule has 2 rings (SSSR count). The molecule has 1 aliphatic rings. The van der Waals surface area contributed by atoms with Gasteiger partial charge in [-0.3, -0.25) is 10.1 Å². The van der Waals surface area contributed by atoms with Crippen LogP contribution < -0.4 is 10.6 Å². The van der Waals surface area contributed by atoms with Gasteiger partial charge in [0.2, 0.25) is 0 Å². The maximum Gasteiger partial charge on any atom is 0.269 e. The summed E-state index contributed by atoms with van der Waals surface area (Å²) in [5.41, 5.74) is 1.26. The molecule has 0 bridgehead atoms. The molecule has 0 amide bonds. The predicted octanol–water partition coefficient (Wildman–Crippen LogP) is 2.39. The highest BCUT2D eigenvalue weighted by atomic mass is 16.6. The van der Waals surface area contributed by atoms with Crippen molar-refractivity contribution in [2.75, 3.05) is 18.4 Å². The van der Waals surface area contributed by atoms with Gasteiger partial charge in [-0.1, -0.05) is 13.8 Å². The van der Waals surface area contributed by atoms with Gasteiger partial charge in [-0.15, -0.1) is 0 Å². The number of anilines is 1. The summed E-state index contributed by atoms with van der Waals surface area (Å²) >= 11 is 0. The average Bonchev–Trinajstić information content (AvgIpc) is 2.32. The number of nitrogens with zero attached hydrogens (tertiary/aromatic N) is 1. The third kappa shape index (κ3) is 2.79. The first-order valence-corrected chi connectivity index (χ1v) is 6.21. The molecule has 18 heavy (non-hydrogen) atoms. The van der Waals surface area contributed by atoms with Gasteiger partial charge in [-0.2, -0.15) is 0 Å². The van der Waals surface area contributed by atoms with Crippen LogP contribution in [0, 0.1) is 15.5 Å². The van der Waals surface area contributed by atoms with Crippen LogP contribution in [0.5, 0.6) is 0 Å². The second-order valence-corrected chi connectivity index (χ2v) is 5.45. The first-order chi connectivity index (χ1) is 8.49. The molecule has 1 aromatic carbocycles. The SMILES string of the molecule is CC1(C)CNCCC1Nc1ccc([N+](=O)[O-])cc1. The van der Waals surface area contributed by atoms with Gasteiger partial charge < -0.3 is 10.6 Å². The summed E-state index contributed by atoms with van der Waals surface area (Å²) in [4.78, 5) is 10.2. The van der Waals surface area contributed by atoms with Crippen molar-refractivity contribution in [2.24, 2.45) is 5.41 Å². The second-order valence-electron chi connectivity index (χ2n) is 5.45. The molecular weight excluding hydrogens is 230 g/mol. The molecule has 0 aliphatic carbocycles. The van der Waals surface area contributed by atoms with E-state index >= 15 is 0 Å². The Balaban J connectivity index is 2.06. The van der Waals surface area contributed by atoms with Gasteiger partial charge in [0, 0.05) is 30.4 Å². The molecule has 1 heterocycles. The summed E-state index contributed by atoms with van der Waals surface area (Å²) < 4.78 is 0. The Morgan fingerprint density at radius 2 is 2.06 bits per heavy atom. The van der Waals surface area contributed by atoms with E-state index in [0.717, 1.165) is 25.2 Å². The zero-order chi connectivity index (χ0) is 13.2. The fourth-order valence-corrected chi connectivity index (χ4v) is 2.32. The summed E-state index contributed by atoms with van der Waals surface area (Å²) in [5.74, 6) is 0. The van der Waals surface area contributed by atoms with E-state index in [0.29, 0.717) is 6.04 Å². The molecule has 5 heteroatoms. The minimum absolute atomic E-state index is 0.130. The highest BCUT2D eigenvalue weighted by Gasteiger charge is 2.31. The van der Waals surface area contributed by atoms with Crippen molar-refractivity contribution in [2.45, 2.75) is 26.3 Å². The highest BCUT2D eigenvalue weighted by molar-refractivity contribution is 5.49. The lowest BCUT2D eigenvalue weighted by Gasteiger charge is -2.40. The van der Waals surface area contributed by atoms with Crippen molar-refractivity contribution in [3.8, 4) is 0 Å². The van der Waals surface area contributed by atoms with E-state index in [1.807, 2.05) is 0 Å². The van der Waals surface area contributed by atoms with Gasteiger partial charge >= 0.3 is 0 Å². The van der Waals surface area contributed by atoms with Crippen molar-refractivity contribution < 1.29 is 4.92 Å². The smallest absolute Gasteiger partial charge is 0.269 e. The fourth-order valence-electron chi connectivity index (χ4n) is 2.32. The van der Waals surface area contributed by atoms with Crippen molar-refractivity contribution in [3.63, 3.8) is 0 Å². The Hall–Kier alpha value is -1.62. The first kappa shape index (κ1) is 12.8. The Morgan fingerprint density at radius 1 is 1.39 bits per heavy atom. The molecule has 0 spiro atoms. The molecule has 1 unspecified atom stereocenters. The van der Waals surface area contributed by atoms with Gasteiger partial charge in [-0.05, 0) is 30.5 Å². The normalized spacial score (nSPS) is 22.4. The van der Waals surface area contributed by atoms with Crippen LogP contribution in [0.15, 0.2) is 24.3 Å². The topological polar surface area (TPSA) is 67.2 Å². The van der Waals surface area contributed by atoms with Crippen molar-refractivity contribution in [3.05, 3.63) is 34.4 Å². The number of nitrogens with one attached hydrogen (secondary N) is 2. The molecule has 1 fully saturated rings. The molecule has 1 aromatic rings. The van der Waals surface area contributed by atoms with Crippen LogP contribution >= 0.6 is 0 Å². The summed E-state index contributed by atoms with van der Waals surface area (Å²) in [7, 11) is 0. The largest absolute Gasteiger partial charge is 0.382 e. The van der Waals surface area contributed by atoms with Crippen LogP contribution in [0.25, 0.3) is 0 Å². The number of rotatable bonds is 3. The zero-order valence-corrected chi connectivity index (χ0v) is 10.8. The first-order valence-electron chi connectivity index (χ1n) is 6.21. The molecular formula is C13H19N3O2. The molecule has 0 radical (unpaired) electrons. The average molecular weight is 249 g/mol. The Labute approximate surface area is 107 Å². The summed E-state index contributed by atoms with van der Waals surface area (Å²) in [5, 5.41) is 17.4. The molecule has 1 atom stereocenters. The molecule has 1 saturated heterocycles. The third-order valence-corrected chi connectivity index (χ3v) is 3.55. The number of hydrogen-bond donors (Lipinski definition) is 2. The standard InChI is InChI=1S/C13H19N3O2/c1-13(2)9-14-8-7-12(13)15-10-3-5-11(6-4-10)16(17)18/h3-6,12,14-15H,7-9H2,1-2H3. The number of benzene rings is 1. The second kappa shape index (κ2) is 4.94. The quantitative estimate of drug-likeness (QED) is 0.637. The van der Waals surface area contributed by atoms with Crippen LogP contribution in [0.4, 0.5) is 11.4 Å². The van der Waals surface area contributed by atoms with Gasteiger partial charge in [0.15, 0.2) is 0 Å². The number of nitro benzene ring substituents is 1. The monoisotopic (exact) mass is 249 g/mol. The lowest BCUT2D eigenvalue weighted by molar-refractivity contribution is -0.384. The fraction of sp³-hybridized carbons (Fsp3) is 0.538. The summed E-state index contributed by atoms with van der Waals surface area (Å²) in [6.07, 6.45) is 1.06. The lowest BCUT2D eigenvalue weighted by Crippen LogP contribution is -2.49. The van der Waals surface area contributed by atoms with E-state index in [1.54, 1.807) is 12.1 Å². The molecule has 5 nitrogen and oxygen atoms in total. The third-order valence-electron chi connectivity index (χ3n) is 3.55. The summed E-state index contributed by atoms with van der Waals surface area (Å²) in [6.45, 7) is 6.44. The maximum atomic E-state index is 10.6. The Kier molecular flexibility index (Phi) is 3.52. The number of hydrogen-bond acceptors (Lipinski definition) is 4. The van der Waals surface area contributed by atoms with Crippen LogP contribution in [-0.2, 0) is 0 Å². The van der Waals surface area contributed by atoms with Gasteiger partial charge in [0.05, 0.1) is 4.92 Å². The van der Waals surface area contributed by atoms with Gasteiger partial charge in [0.1, 0.15) is 0 Å². The van der Waals surface area contributed by atoms with Crippen LogP contribution in [0.1, 0.15) is 20.3 Å². The van der Waals surface area contributed by atoms with E-state index in [4.69, 9.17) is 0 Å². The Bertz CT molecular complexity index is 428. The highest BCUT2D eigenvalue weighted by Crippen LogP contribution is 2.28. The minimum atomic E-state index is -0.377. The number of nitro groups is 1. The number of piperidine rings is 1. The van der Waals surface area contributed by atoms with Crippen LogP contribution in [0.2, 0.25) is 0 Å². The zero-order valence-electron chi connectivity index (χ0n) is 10.8. The van der Waals surface area contributed by atoms with Gasteiger partial charge in [0.25, 0.3) is 5.69 Å². The van der Waals surface area contributed by atoms with Crippen molar-refractivity contribution >= 4 is 11.4 Å². The van der Waals surface area contributed by atoms with E-state index in [2.05, 4.69) is 24.5 Å². The predicted molar refractivity (Wildman–Crippen MR) is 71.8 cm³/mol. The Morgan fingerprint density at radius 3 is 2.61 bits per heavy atom. The van der Waals surface area contributed by atoms with E-state index < -0.39 is 0 Å². The lowest BCUT2D eigenvalue weighted by atomic mass is 9.80. The molecule has 2 N–H and O–H groups in total. The van der Waals surface area contributed by atoms with E-state index in [1.165, 1.54) is 12.1 Å². The van der Waals surface area contributed by atoms with E-state index in [9.17, 15) is 10.1 Å². The summed E-state index contributed by atoms with van der Waals surface area (Å²) in [6, 6.07) is 7.01. The molecule has 98 valence electrons. The van der Waals surface area contributed by atoms with E-state index in [-0.39, 0.29) is 16.0 Å².